The molecule has 15 heavy (non-hydrogen) atoms. The molecule has 0 spiro atoms. The highest BCUT2D eigenvalue weighted by Gasteiger charge is 2.08. The first kappa shape index (κ1) is 10.9. The van der Waals surface area contributed by atoms with E-state index in [-0.39, 0.29) is 0 Å². The summed E-state index contributed by atoms with van der Waals surface area (Å²) < 4.78 is 0.836. The number of aryl methyl sites for hydroxylation is 1. The number of rotatable bonds is 2. The Morgan fingerprint density at radius 2 is 2.33 bits per heavy atom. The number of H-pyrrole nitrogens is 1. The molecule has 7 heteroatoms. The van der Waals surface area contributed by atoms with Crippen LogP contribution in [0.15, 0.2) is 26.9 Å². The molecule has 0 saturated heterocycles. The van der Waals surface area contributed by atoms with E-state index in [0.29, 0.717) is 10.2 Å². The molecule has 0 saturated carbocycles. The Bertz CT molecular complexity index is 487. The fourth-order valence-corrected chi connectivity index (χ4v) is 2.52. The third kappa shape index (κ3) is 2.70. The van der Waals surface area contributed by atoms with E-state index >= 15 is 0 Å². The number of pyridine rings is 1. The highest BCUT2D eigenvalue weighted by atomic mass is 79.9. The average molecular weight is 306 g/mol. The molecule has 1 N–H and O–H groups in total. The van der Waals surface area contributed by atoms with Crippen molar-refractivity contribution in [1.82, 2.24) is 20.2 Å². The van der Waals surface area contributed by atoms with Gasteiger partial charge in [-0.25, -0.2) is 9.97 Å². The summed E-state index contributed by atoms with van der Waals surface area (Å²) in [5.74, 6) is 0.780. The summed E-state index contributed by atoms with van der Waals surface area (Å²) in [6, 6.07) is 1.79. The van der Waals surface area contributed by atoms with Gasteiger partial charge in [0, 0.05) is 6.20 Å². The second-order valence-corrected chi connectivity index (χ2v) is 4.99. The first-order valence-corrected chi connectivity index (χ1v) is 6.02. The lowest BCUT2D eigenvalue weighted by atomic mass is 10.5. The topological polar surface area (TPSA) is 54.5 Å². The molecular weight excluding hydrogens is 300 g/mol. The van der Waals surface area contributed by atoms with E-state index in [1.165, 1.54) is 11.8 Å². The summed E-state index contributed by atoms with van der Waals surface area (Å²) in [6.45, 7) is 1.85. The van der Waals surface area contributed by atoms with E-state index in [1.54, 1.807) is 12.3 Å². The summed E-state index contributed by atoms with van der Waals surface area (Å²) in [7, 11) is 0. The van der Waals surface area contributed by atoms with Crippen molar-refractivity contribution in [3.8, 4) is 0 Å². The van der Waals surface area contributed by atoms with Crippen LogP contribution in [0.2, 0.25) is 5.02 Å². The summed E-state index contributed by atoms with van der Waals surface area (Å²) in [5, 5.41) is 8.80. The van der Waals surface area contributed by atoms with Crippen LogP contribution >= 0.6 is 39.3 Å². The van der Waals surface area contributed by atoms with Crippen LogP contribution in [-0.4, -0.2) is 20.2 Å². The van der Waals surface area contributed by atoms with Crippen LogP contribution in [-0.2, 0) is 0 Å². The molecule has 0 bridgehead atoms. The number of aromatic amines is 1. The molecule has 2 rings (SSSR count). The number of halogens is 2. The Morgan fingerprint density at radius 3 is 2.93 bits per heavy atom. The van der Waals surface area contributed by atoms with Crippen molar-refractivity contribution in [2.45, 2.75) is 17.1 Å². The smallest absolute Gasteiger partial charge is 0.214 e. The maximum atomic E-state index is 5.78. The Kier molecular flexibility index (Phi) is 3.28. The monoisotopic (exact) mass is 304 g/mol. The van der Waals surface area contributed by atoms with Gasteiger partial charge in [-0.2, -0.15) is 0 Å². The molecule has 0 aliphatic rings. The summed E-state index contributed by atoms with van der Waals surface area (Å²) in [4.78, 5) is 8.34. The quantitative estimate of drug-likeness (QED) is 0.926. The van der Waals surface area contributed by atoms with Gasteiger partial charge in [-0.3, -0.25) is 5.10 Å². The molecular formula is C8H6BrClN4S. The highest BCUT2D eigenvalue weighted by Crippen LogP contribution is 2.30. The van der Waals surface area contributed by atoms with Gasteiger partial charge in [-0.15, -0.1) is 5.10 Å². The van der Waals surface area contributed by atoms with Gasteiger partial charge in [-0.05, 0) is 40.7 Å². The van der Waals surface area contributed by atoms with Crippen LogP contribution in [0.5, 0.6) is 0 Å². The first-order valence-electron chi connectivity index (χ1n) is 4.03. The molecule has 0 aromatic carbocycles. The lowest BCUT2D eigenvalue weighted by Crippen LogP contribution is -1.83. The van der Waals surface area contributed by atoms with Gasteiger partial charge in [0.25, 0.3) is 0 Å². The SMILES string of the molecule is Cc1nc(Sc2ncc(Cl)cc2Br)n[nH]1. The van der Waals surface area contributed by atoms with E-state index in [2.05, 4.69) is 36.1 Å². The molecule has 4 nitrogen and oxygen atoms in total. The molecule has 0 aliphatic heterocycles. The predicted octanol–water partition coefficient (Wildman–Crippen LogP) is 3.08. The minimum absolute atomic E-state index is 0.595. The zero-order valence-electron chi connectivity index (χ0n) is 7.66. The molecule has 0 unspecified atom stereocenters. The van der Waals surface area contributed by atoms with Gasteiger partial charge >= 0.3 is 0 Å². The molecule has 2 aromatic rings. The lowest BCUT2D eigenvalue weighted by Gasteiger charge is -1.99. The third-order valence-electron chi connectivity index (χ3n) is 1.54. The Balaban J connectivity index is 2.24. The second kappa shape index (κ2) is 4.51. The number of nitrogens with zero attached hydrogens (tertiary/aromatic N) is 3. The van der Waals surface area contributed by atoms with Gasteiger partial charge in [-0.1, -0.05) is 11.6 Å². The average Bonchev–Trinajstić information content (AvgIpc) is 2.56. The third-order valence-corrected chi connectivity index (χ3v) is 3.50. The van der Waals surface area contributed by atoms with Crippen molar-refractivity contribution in [1.29, 1.82) is 0 Å². The van der Waals surface area contributed by atoms with Gasteiger partial charge in [0.15, 0.2) is 0 Å². The standard InChI is InChI=1S/C8H6BrClN4S/c1-4-12-8(14-13-4)15-7-6(9)2-5(10)3-11-7/h2-3H,1H3,(H,12,13,14). The van der Waals surface area contributed by atoms with Crippen molar-refractivity contribution in [3.05, 3.63) is 27.6 Å². The zero-order chi connectivity index (χ0) is 10.8. The van der Waals surface area contributed by atoms with E-state index < -0.39 is 0 Å². The molecule has 0 atom stereocenters. The maximum Gasteiger partial charge on any atom is 0.214 e. The van der Waals surface area contributed by atoms with Crippen LogP contribution in [0.25, 0.3) is 0 Å². The molecule has 2 heterocycles. The van der Waals surface area contributed by atoms with Crippen LogP contribution in [0, 0.1) is 6.92 Å². The summed E-state index contributed by atoms with van der Waals surface area (Å²) in [5.41, 5.74) is 0. The Labute approximate surface area is 104 Å². The Hall–Kier alpha value is -0.590. The first-order chi connectivity index (χ1) is 7.15. The fourth-order valence-electron chi connectivity index (χ4n) is 0.931. The van der Waals surface area contributed by atoms with E-state index in [4.69, 9.17) is 11.6 Å². The molecule has 0 aliphatic carbocycles. The van der Waals surface area contributed by atoms with Crippen LogP contribution < -0.4 is 0 Å². The van der Waals surface area contributed by atoms with Crippen molar-refractivity contribution >= 4 is 39.3 Å². The predicted molar refractivity (Wildman–Crippen MR) is 62.2 cm³/mol. The van der Waals surface area contributed by atoms with E-state index in [9.17, 15) is 0 Å². The minimum Gasteiger partial charge on any atom is -0.262 e. The van der Waals surface area contributed by atoms with Gasteiger partial charge < -0.3 is 0 Å². The van der Waals surface area contributed by atoms with Crippen molar-refractivity contribution in [2.75, 3.05) is 0 Å². The van der Waals surface area contributed by atoms with Gasteiger partial charge in [0.2, 0.25) is 5.16 Å². The number of nitrogens with one attached hydrogen (secondary N) is 1. The molecule has 2 aromatic heterocycles. The normalized spacial score (nSPS) is 10.6. The summed E-state index contributed by atoms with van der Waals surface area (Å²) in [6.07, 6.45) is 1.59. The number of aromatic nitrogens is 4. The largest absolute Gasteiger partial charge is 0.262 e. The fraction of sp³-hybridized carbons (Fsp3) is 0.125. The van der Waals surface area contributed by atoms with Gasteiger partial charge in [0.1, 0.15) is 10.9 Å². The molecule has 0 fully saturated rings. The zero-order valence-corrected chi connectivity index (χ0v) is 10.8. The molecule has 0 radical (unpaired) electrons. The van der Waals surface area contributed by atoms with E-state index in [1.807, 2.05) is 6.92 Å². The highest BCUT2D eigenvalue weighted by molar-refractivity contribution is 9.10. The van der Waals surface area contributed by atoms with Gasteiger partial charge in [0.05, 0.1) is 9.50 Å². The van der Waals surface area contributed by atoms with Crippen molar-refractivity contribution in [3.63, 3.8) is 0 Å². The second-order valence-electron chi connectivity index (χ2n) is 2.75. The summed E-state index contributed by atoms with van der Waals surface area (Å²) >= 11 is 10.5. The van der Waals surface area contributed by atoms with Crippen LogP contribution in [0.3, 0.4) is 0 Å². The lowest BCUT2D eigenvalue weighted by molar-refractivity contribution is 0.963. The van der Waals surface area contributed by atoms with Crippen LogP contribution in [0.1, 0.15) is 5.82 Å². The molecule has 0 amide bonds. The van der Waals surface area contributed by atoms with Crippen molar-refractivity contribution < 1.29 is 0 Å². The molecule has 78 valence electrons. The van der Waals surface area contributed by atoms with E-state index in [0.717, 1.165) is 15.3 Å². The van der Waals surface area contributed by atoms with Crippen LogP contribution in [0.4, 0.5) is 0 Å². The number of hydrogen-bond donors (Lipinski definition) is 1. The van der Waals surface area contributed by atoms with Crippen molar-refractivity contribution in [2.24, 2.45) is 0 Å². The Morgan fingerprint density at radius 1 is 1.53 bits per heavy atom. The number of hydrogen-bond acceptors (Lipinski definition) is 4. The maximum absolute atomic E-state index is 5.78. The minimum atomic E-state index is 0.595.